The fraction of sp³-hybridized carbons (Fsp3) is 0.222. The third-order valence-electron chi connectivity index (χ3n) is 1.36. The highest BCUT2D eigenvalue weighted by Crippen LogP contribution is 2.17. The summed E-state index contributed by atoms with van der Waals surface area (Å²) in [5.74, 6) is 0.768. The molecule has 1 rings (SSSR count). The van der Waals surface area contributed by atoms with Crippen LogP contribution in [0.1, 0.15) is 0 Å². The second-order valence-electron chi connectivity index (χ2n) is 2.23. The van der Waals surface area contributed by atoms with Gasteiger partial charge in [-0.25, -0.2) is 4.79 Å². The van der Waals surface area contributed by atoms with Gasteiger partial charge in [-0.05, 0) is 24.3 Å². The molecule has 0 amide bonds. The van der Waals surface area contributed by atoms with E-state index in [9.17, 15) is 4.79 Å². The SMILES string of the molecule is O=C=Nc1ccc(OCCBr)cc1. The maximum Gasteiger partial charge on any atom is 0.240 e. The van der Waals surface area contributed by atoms with Crippen LogP contribution >= 0.6 is 15.9 Å². The molecule has 4 heteroatoms. The third-order valence-corrected chi connectivity index (χ3v) is 1.68. The highest BCUT2D eigenvalue weighted by Gasteiger charge is 1.92. The average Bonchev–Trinajstić information content (AvgIpc) is 2.17. The first-order valence-corrected chi connectivity index (χ1v) is 4.85. The number of benzene rings is 1. The van der Waals surface area contributed by atoms with Crippen molar-refractivity contribution in [3.63, 3.8) is 0 Å². The Labute approximate surface area is 84.6 Å². The van der Waals surface area contributed by atoms with Gasteiger partial charge in [-0.15, -0.1) is 0 Å². The summed E-state index contributed by atoms with van der Waals surface area (Å²) < 4.78 is 5.30. The Balaban J connectivity index is 2.63. The van der Waals surface area contributed by atoms with Crippen LogP contribution in [-0.2, 0) is 4.79 Å². The first-order valence-electron chi connectivity index (χ1n) is 3.73. The van der Waals surface area contributed by atoms with Crippen molar-refractivity contribution in [2.75, 3.05) is 11.9 Å². The zero-order valence-electron chi connectivity index (χ0n) is 6.87. The van der Waals surface area contributed by atoms with E-state index >= 15 is 0 Å². The van der Waals surface area contributed by atoms with Crippen molar-refractivity contribution in [2.45, 2.75) is 0 Å². The average molecular weight is 242 g/mol. The van der Waals surface area contributed by atoms with Crippen molar-refractivity contribution in [1.29, 1.82) is 0 Å². The summed E-state index contributed by atoms with van der Waals surface area (Å²) in [5, 5.41) is 0.793. The molecule has 13 heavy (non-hydrogen) atoms. The summed E-state index contributed by atoms with van der Waals surface area (Å²) in [6.07, 6.45) is 1.47. The molecule has 0 aliphatic rings. The van der Waals surface area contributed by atoms with E-state index in [1.165, 1.54) is 6.08 Å². The van der Waals surface area contributed by atoms with Crippen molar-refractivity contribution < 1.29 is 9.53 Å². The van der Waals surface area contributed by atoms with Crippen LogP contribution in [0.25, 0.3) is 0 Å². The molecule has 0 N–H and O–H groups in total. The maximum atomic E-state index is 9.90. The van der Waals surface area contributed by atoms with E-state index in [4.69, 9.17) is 4.74 Å². The van der Waals surface area contributed by atoms with Crippen molar-refractivity contribution in [3.05, 3.63) is 24.3 Å². The molecule has 68 valence electrons. The minimum absolute atomic E-state index is 0.584. The van der Waals surface area contributed by atoms with E-state index in [0.717, 1.165) is 11.1 Å². The Morgan fingerprint density at radius 1 is 1.38 bits per heavy atom. The monoisotopic (exact) mass is 241 g/mol. The Bertz CT molecular complexity index is 304. The molecular formula is C9H8BrNO2. The zero-order valence-corrected chi connectivity index (χ0v) is 8.45. The van der Waals surface area contributed by atoms with Gasteiger partial charge in [0.05, 0.1) is 12.3 Å². The Morgan fingerprint density at radius 3 is 2.62 bits per heavy atom. The summed E-state index contributed by atoms with van der Waals surface area (Å²) in [6, 6.07) is 6.93. The lowest BCUT2D eigenvalue weighted by Gasteiger charge is -2.02. The predicted octanol–water partition coefficient (Wildman–Crippen LogP) is 2.43. The molecule has 0 radical (unpaired) electrons. The lowest BCUT2D eigenvalue weighted by atomic mass is 10.3. The number of isocyanates is 1. The van der Waals surface area contributed by atoms with Crippen LogP contribution in [0.2, 0.25) is 0 Å². The minimum Gasteiger partial charge on any atom is -0.493 e. The molecule has 0 saturated carbocycles. The number of rotatable bonds is 4. The zero-order chi connectivity index (χ0) is 9.52. The summed E-state index contributed by atoms with van der Waals surface area (Å²) in [6.45, 7) is 0.621. The van der Waals surface area contributed by atoms with Crippen LogP contribution in [0.5, 0.6) is 5.75 Å². The van der Waals surface area contributed by atoms with E-state index in [1.54, 1.807) is 24.3 Å². The van der Waals surface area contributed by atoms with Crippen LogP contribution in [-0.4, -0.2) is 18.0 Å². The normalized spacial score (nSPS) is 9.00. The summed E-state index contributed by atoms with van der Waals surface area (Å²) >= 11 is 3.25. The minimum atomic E-state index is 0.584. The lowest BCUT2D eigenvalue weighted by Crippen LogP contribution is -1.96. The van der Waals surface area contributed by atoms with Crippen LogP contribution in [0.4, 0.5) is 5.69 Å². The highest BCUT2D eigenvalue weighted by molar-refractivity contribution is 9.09. The molecule has 0 bridgehead atoms. The topological polar surface area (TPSA) is 38.7 Å². The quantitative estimate of drug-likeness (QED) is 0.462. The number of alkyl halides is 1. The van der Waals surface area contributed by atoms with Gasteiger partial charge in [-0.3, -0.25) is 0 Å². The van der Waals surface area contributed by atoms with Crippen molar-refractivity contribution in [2.24, 2.45) is 4.99 Å². The van der Waals surface area contributed by atoms with E-state index in [1.807, 2.05) is 0 Å². The number of carbonyl (C=O) groups excluding carboxylic acids is 1. The molecule has 0 spiro atoms. The van der Waals surface area contributed by atoms with Crippen LogP contribution in [0.3, 0.4) is 0 Å². The number of aliphatic imine (C=N–C) groups is 1. The molecule has 0 heterocycles. The van der Waals surface area contributed by atoms with Gasteiger partial charge in [0.2, 0.25) is 6.08 Å². The van der Waals surface area contributed by atoms with E-state index in [-0.39, 0.29) is 0 Å². The maximum absolute atomic E-state index is 9.90. The van der Waals surface area contributed by atoms with E-state index in [0.29, 0.717) is 12.3 Å². The first-order chi connectivity index (χ1) is 6.36. The molecule has 3 nitrogen and oxygen atoms in total. The van der Waals surface area contributed by atoms with Gasteiger partial charge in [0.15, 0.2) is 0 Å². The molecule has 0 unspecified atom stereocenters. The summed E-state index contributed by atoms with van der Waals surface area (Å²) in [4.78, 5) is 13.4. The number of nitrogens with zero attached hydrogens (tertiary/aromatic N) is 1. The molecule has 0 aliphatic heterocycles. The molecule has 0 aliphatic carbocycles. The number of hydrogen-bond donors (Lipinski definition) is 0. The first kappa shape index (κ1) is 9.96. The molecule has 0 fully saturated rings. The standard InChI is InChI=1S/C9H8BrNO2/c10-5-6-13-9-3-1-8(2-4-9)11-7-12/h1-4H,5-6H2. The number of ether oxygens (including phenoxy) is 1. The second-order valence-corrected chi connectivity index (χ2v) is 3.03. The van der Waals surface area contributed by atoms with Gasteiger partial charge >= 0.3 is 0 Å². The fourth-order valence-electron chi connectivity index (χ4n) is 0.826. The lowest BCUT2D eigenvalue weighted by molar-refractivity contribution is 0.345. The molecule has 0 aromatic heterocycles. The van der Waals surface area contributed by atoms with E-state index in [2.05, 4.69) is 20.9 Å². The van der Waals surface area contributed by atoms with Crippen molar-refractivity contribution in [3.8, 4) is 5.75 Å². The Morgan fingerprint density at radius 2 is 2.08 bits per heavy atom. The van der Waals surface area contributed by atoms with Crippen LogP contribution in [0.15, 0.2) is 29.3 Å². The number of halogens is 1. The van der Waals surface area contributed by atoms with Gasteiger partial charge in [-0.2, -0.15) is 4.99 Å². The van der Waals surface area contributed by atoms with Gasteiger partial charge in [0.1, 0.15) is 5.75 Å². The third kappa shape index (κ3) is 3.40. The highest BCUT2D eigenvalue weighted by atomic mass is 79.9. The molecule has 0 saturated heterocycles. The Kier molecular flexibility index (Phi) is 4.23. The molecule has 1 aromatic rings. The summed E-state index contributed by atoms with van der Waals surface area (Å²) in [5.41, 5.74) is 0.584. The Hall–Kier alpha value is -1.12. The van der Waals surface area contributed by atoms with Crippen molar-refractivity contribution >= 4 is 27.7 Å². The van der Waals surface area contributed by atoms with Gasteiger partial charge in [-0.1, -0.05) is 15.9 Å². The van der Waals surface area contributed by atoms with Gasteiger partial charge < -0.3 is 4.74 Å². The smallest absolute Gasteiger partial charge is 0.240 e. The molecular weight excluding hydrogens is 234 g/mol. The number of hydrogen-bond acceptors (Lipinski definition) is 3. The van der Waals surface area contributed by atoms with Crippen molar-refractivity contribution in [1.82, 2.24) is 0 Å². The van der Waals surface area contributed by atoms with Crippen LogP contribution in [0, 0.1) is 0 Å². The fourth-order valence-corrected chi connectivity index (χ4v) is 0.988. The summed E-state index contributed by atoms with van der Waals surface area (Å²) in [7, 11) is 0. The molecule has 0 atom stereocenters. The largest absolute Gasteiger partial charge is 0.493 e. The predicted molar refractivity (Wildman–Crippen MR) is 53.5 cm³/mol. The van der Waals surface area contributed by atoms with E-state index < -0.39 is 0 Å². The second kappa shape index (κ2) is 5.51. The van der Waals surface area contributed by atoms with Gasteiger partial charge in [0, 0.05) is 5.33 Å². The van der Waals surface area contributed by atoms with Crippen LogP contribution < -0.4 is 4.74 Å². The molecule has 1 aromatic carbocycles. The van der Waals surface area contributed by atoms with Gasteiger partial charge in [0.25, 0.3) is 0 Å².